The molecule has 1 aliphatic rings. The summed E-state index contributed by atoms with van der Waals surface area (Å²) in [7, 11) is 0. The van der Waals surface area contributed by atoms with Crippen molar-refractivity contribution in [1.82, 2.24) is 5.32 Å². The van der Waals surface area contributed by atoms with Gasteiger partial charge in [-0.1, -0.05) is 6.07 Å². The van der Waals surface area contributed by atoms with Crippen molar-refractivity contribution in [3.05, 3.63) is 34.9 Å². The van der Waals surface area contributed by atoms with Crippen LogP contribution in [0.15, 0.2) is 18.2 Å². The Hall–Kier alpha value is -1.92. The van der Waals surface area contributed by atoms with E-state index < -0.39 is 17.9 Å². The number of carbonyl (C=O) groups excluding carboxylic acids is 1. The van der Waals surface area contributed by atoms with Gasteiger partial charge in [-0.05, 0) is 44.0 Å². The van der Waals surface area contributed by atoms with E-state index in [4.69, 9.17) is 9.47 Å². The molecule has 0 saturated heterocycles. The highest BCUT2D eigenvalue weighted by Gasteiger charge is 2.22. The first-order chi connectivity index (χ1) is 10.8. The van der Waals surface area contributed by atoms with E-state index in [9.17, 15) is 14.7 Å². The number of rotatable bonds is 6. The summed E-state index contributed by atoms with van der Waals surface area (Å²) in [6.45, 7) is 6.99. The maximum absolute atomic E-state index is 12.3. The zero-order valence-corrected chi connectivity index (χ0v) is 13.7. The van der Waals surface area contributed by atoms with Crippen LogP contribution in [-0.4, -0.2) is 35.2 Å². The Morgan fingerprint density at radius 2 is 2.00 bits per heavy atom. The number of carbonyl (C=O) groups is 2. The molecule has 2 rings (SSSR count). The molecule has 1 aromatic rings. The van der Waals surface area contributed by atoms with Crippen LogP contribution in [0.1, 0.15) is 48.7 Å². The number of fused-ring (bicyclic) bond motifs is 1. The summed E-state index contributed by atoms with van der Waals surface area (Å²) < 4.78 is 10.8. The van der Waals surface area contributed by atoms with E-state index in [-0.39, 0.29) is 18.6 Å². The van der Waals surface area contributed by atoms with Crippen molar-refractivity contribution in [2.24, 2.45) is 0 Å². The molecule has 6 nitrogen and oxygen atoms in total. The van der Waals surface area contributed by atoms with Crippen molar-refractivity contribution in [1.29, 1.82) is 0 Å². The average molecular weight is 321 g/mol. The first kappa shape index (κ1) is 17.4. The Morgan fingerprint density at radius 1 is 1.30 bits per heavy atom. The molecule has 0 fully saturated rings. The third kappa shape index (κ3) is 5.04. The molecule has 0 radical (unpaired) electrons. The molecule has 0 aliphatic carbocycles. The summed E-state index contributed by atoms with van der Waals surface area (Å²) in [5.41, 5.74) is 2.14. The van der Waals surface area contributed by atoms with Gasteiger partial charge in [0.25, 0.3) is 5.91 Å². The number of ether oxygens (including phenoxy) is 2. The molecule has 0 spiro atoms. The molecular formula is C17H23NO5. The van der Waals surface area contributed by atoms with Gasteiger partial charge in [0.2, 0.25) is 0 Å². The number of carboxylic acids is 1. The van der Waals surface area contributed by atoms with Crippen molar-refractivity contribution in [2.75, 3.05) is 6.61 Å². The van der Waals surface area contributed by atoms with Crippen molar-refractivity contribution < 1.29 is 24.2 Å². The molecule has 1 aliphatic heterocycles. The molecule has 1 amide bonds. The Morgan fingerprint density at radius 3 is 2.65 bits per heavy atom. The molecule has 23 heavy (non-hydrogen) atoms. The molecule has 0 saturated carbocycles. The predicted molar refractivity (Wildman–Crippen MR) is 84.1 cm³/mol. The lowest BCUT2D eigenvalue weighted by Gasteiger charge is -2.21. The lowest BCUT2D eigenvalue weighted by Crippen LogP contribution is -2.42. The van der Waals surface area contributed by atoms with E-state index >= 15 is 0 Å². The summed E-state index contributed by atoms with van der Waals surface area (Å²) in [5, 5.41) is 11.8. The van der Waals surface area contributed by atoms with Crippen molar-refractivity contribution in [2.45, 2.75) is 52.0 Å². The Bertz CT molecular complexity index is 591. The molecule has 2 N–H and O–H groups in total. The second kappa shape index (κ2) is 7.10. The average Bonchev–Trinajstić information content (AvgIpc) is 2.91. The number of aliphatic carboxylic acids is 1. The van der Waals surface area contributed by atoms with Gasteiger partial charge in [-0.15, -0.1) is 0 Å². The summed E-state index contributed by atoms with van der Waals surface area (Å²) >= 11 is 0. The van der Waals surface area contributed by atoms with Gasteiger partial charge in [-0.2, -0.15) is 0 Å². The number of carboxylic acid groups (broad SMARTS) is 1. The van der Waals surface area contributed by atoms with E-state index in [1.807, 2.05) is 26.8 Å². The van der Waals surface area contributed by atoms with Crippen LogP contribution in [-0.2, 0) is 27.5 Å². The summed E-state index contributed by atoms with van der Waals surface area (Å²) in [6, 6.07) is 4.31. The highest BCUT2D eigenvalue weighted by molar-refractivity contribution is 5.96. The highest BCUT2D eigenvalue weighted by Crippen LogP contribution is 2.21. The van der Waals surface area contributed by atoms with Crippen LogP contribution in [0.2, 0.25) is 0 Å². The summed E-state index contributed by atoms with van der Waals surface area (Å²) in [4.78, 5) is 23.6. The summed E-state index contributed by atoms with van der Waals surface area (Å²) in [6.07, 6.45) is 0.215. The zero-order valence-electron chi connectivity index (χ0n) is 13.7. The normalized spacial score (nSPS) is 15.1. The van der Waals surface area contributed by atoms with Crippen LogP contribution < -0.4 is 5.32 Å². The SMILES string of the molecule is CC(C)(C)OCCC(NC(=O)c1ccc2c(c1)COC2)C(=O)O. The topological polar surface area (TPSA) is 84.9 Å². The Labute approximate surface area is 135 Å². The first-order valence-electron chi connectivity index (χ1n) is 7.63. The minimum Gasteiger partial charge on any atom is -0.480 e. The molecule has 0 bridgehead atoms. The maximum Gasteiger partial charge on any atom is 0.326 e. The van der Waals surface area contributed by atoms with E-state index in [1.54, 1.807) is 12.1 Å². The lowest BCUT2D eigenvalue weighted by atomic mass is 10.1. The van der Waals surface area contributed by atoms with Gasteiger partial charge in [0.05, 0.1) is 18.8 Å². The number of hydrogen-bond donors (Lipinski definition) is 2. The third-order valence-corrected chi connectivity index (χ3v) is 3.53. The van der Waals surface area contributed by atoms with Gasteiger partial charge in [0.1, 0.15) is 6.04 Å². The molecular weight excluding hydrogens is 298 g/mol. The maximum atomic E-state index is 12.3. The van der Waals surface area contributed by atoms with Gasteiger partial charge < -0.3 is 19.9 Å². The van der Waals surface area contributed by atoms with E-state index in [0.29, 0.717) is 18.8 Å². The van der Waals surface area contributed by atoms with E-state index in [1.165, 1.54) is 0 Å². The Kier molecular flexibility index (Phi) is 5.38. The number of amides is 1. The van der Waals surface area contributed by atoms with Gasteiger partial charge >= 0.3 is 5.97 Å². The molecule has 126 valence electrons. The molecule has 6 heteroatoms. The molecule has 1 unspecified atom stereocenters. The second-order valence-electron chi connectivity index (χ2n) is 6.59. The summed E-state index contributed by atoms with van der Waals surface area (Å²) in [5.74, 6) is -1.47. The second-order valence-corrected chi connectivity index (χ2v) is 6.59. The lowest BCUT2D eigenvalue weighted by molar-refractivity contribution is -0.140. The predicted octanol–water partition coefficient (Wildman–Crippen LogP) is 2.10. The smallest absolute Gasteiger partial charge is 0.326 e. The van der Waals surface area contributed by atoms with Crippen LogP contribution in [0.3, 0.4) is 0 Å². The molecule has 1 heterocycles. The number of hydrogen-bond acceptors (Lipinski definition) is 4. The molecule has 1 atom stereocenters. The largest absolute Gasteiger partial charge is 0.480 e. The minimum absolute atomic E-state index is 0.215. The highest BCUT2D eigenvalue weighted by atomic mass is 16.5. The molecule has 0 aromatic heterocycles. The van der Waals surface area contributed by atoms with Gasteiger partial charge in [-0.3, -0.25) is 4.79 Å². The van der Waals surface area contributed by atoms with Crippen LogP contribution in [0.4, 0.5) is 0 Å². The van der Waals surface area contributed by atoms with Crippen LogP contribution in [0.25, 0.3) is 0 Å². The monoisotopic (exact) mass is 321 g/mol. The number of benzene rings is 1. The van der Waals surface area contributed by atoms with Crippen molar-refractivity contribution >= 4 is 11.9 Å². The number of nitrogens with one attached hydrogen (secondary N) is 1. The third-order valence-electron chi connectivity index (χ3n) is 3.53. The van der Waals surface area contributed by atoms with Gasteiger partial charge in [0, 0.05) is 18.6 Å². The zero-order chi connectivity index (χ0) is 17.0. The van der Waals surface area contributed by atoms with Crippen LogP contribution in [0, 0.1) is 0 Å². The van der Waals surface area contributed by atoms with Gasteiger partial charge in [-0.25, -0.2) is 4.79 Å². The van der Waals surface area contributed by atoms with Crippen molar-refractivity contribution in [3.63, 3.8) is 0 Å². The standard InChI is InChI=1S/C17H23NO5/c1-17(2,3)23-7-6-14(16(20)21)18-15(19)11-4-5-12-9-22-10-13(12)8-11/h4-5,8,14H,6-7,9-10H2,1-3H3,(H,18,19)(H,20,21). The van der Waals surface area contributed by atoms with Crippen LogP contribution >= 0.6 is 0 Å². The Balaban J connectivity index is 1.96. The van der Waals surface area contributed by atoms with E-state index in [0.717, 1.165) is 11.1 Å². The van der Waals surface area contributed by atoms with Crippen LogP contribution in [0.5, 0.6) is 0 Å². The van der Waals surface area contributed by atoms with Crippen molar-refractivity contribution in [3.8, 4) is 0 Å². The van der Waals surface area contributed by atoms with Gasteiger partial charge in [0.15, 0.2) is 0 Å². The fourth-order valence-corrected chi connectivity index (χ4v) is 2.30. The minimum atomic E-state index is -1.07. The molecule has 1 aromatic carbocycles. The van der Waals surface area contributed by atoms with E-state index in [2.05, 4.69) is 5.32 Å². The first-order valence-corrected chi connectivity index (χ1v) is 7.63. The fourth-order valence-electron chi connectivity index (χ4n) is 2.30. The fraction of sp³-hybridized carbons (Fsp3) is 0.529. The quantitative estimate of drug-likeness (QED) is 0.838.